The second-order valence-corrected chi connectivity index (χ2v) is 6.27. The minimum atomic E-state index is -4.58. The van der Waals surface area contributed by atoms with Gasteiger partial charge in [0.25, 0.3) is 0 Å². The van der Waals surface area contributed by atoms with Gasteiger partial charge in [0.05, 0.1) is 10.6 Å². The smallest absolute Gasteiger partial charge is 0.338 e. The summed E-state index contributed by atoms with van der Waals surface area (Å²) in [5, 5.41) is 4.54. The topological polar surface area (TPSA) is 41.1 Å². The molecular formula is C16H13BrClF3N2O. The number of amides is 2. The highest BCUT2D eigenvalue weighted by molar-refractivity contribution is 9.10. The Labute approximate surface area is 150 Å². The molecule has 0 fully saturated rings. The molecule has 0 aliphatic rings. The number of nitrogens with one attached hydrogen (secondary N) is 2. The maximum atomic E-state index is 12.8. The fourth-order valence-electron chi connectivity index (χ4n) is 1.97. The van der Waals surface area contributed by atoms with Gasteiger partial charge >= 0.3 is 12.2 Å². The average molecular weight is 422 g/mol. The number of carbonyl (C=O) groups excluding carboxylic acids is 1. The van der Waals surface area contributed by atoms with E-state index >= 15 is 0 Å². The Morgan fingerprint density at radius 1 is 1.12 bits per heavy atom. The SMILES string of the molecule is O=C(NCCc1ccc(Br)cc1)Nc1ccc(Cl)c(C(F)(F)F)c1. The summed E-state index contributed by atoms with van der Waals surface area (Å²) in [7, 11) is 0. The van der Waals surface area contributed by atoms with Gasteiger partial charge in [0.2, 0.25) is 0 Å². The van der Waals surface area contributed by atoms with E-state index in [0.29, 0.717) is 13.0 Å². The van der Waals surface area contributed by atoms with Crippen LogP contribution in [0.2, 0.25) is 5.02 Å². The maximum Gasteiger partial charge on any atom is 0.417 e. The van der Waals surface area contributed by atoms with Crippen LogP contribution < -0.4 is 10.6 Å². The van der Waals surface area contributed by atoms with Gasteiger partial charge in [-0.15, -0.1) is 0 Å². The van der Waals surface area contributed by atoms with E-state index in [-0.39, 0.29) is 5.69 Å². The monoisotopic (exact) mass is 420 g/mol. The molecule has 0 aliphatic heterocycles. The highest BCUT2D eigenvalue weighted by Crippen LogP contribution is 2.36. The zero-order valence-electron chi connectivity index (χ0n) is 12.3. The Bertz CT molecular complexity index is 720. The zero-order chi connectivity index (χ0) is 17.7. The zero-order valence-corrected chi connectivity index (χ0v) is 14.6. The van der Waals surface area contributed by atoms with Gasteiger partial charge in [-0.3, -0.25) is 0 Å². The molecule has 0 unspecified atom stereocenters. The van der Waals surface area contributed by atoms with Crippen molar-refractivity contribution in [3.63, 3.8) is 0 Å². The largest absolute Gasteiger partial charge is 0.417 e. The normalized spacial score (nSPS) is 11.2. The summed E-state index contributed by atoms with van der Waals surface area (Å²) >= 11 is 8.86. The molecule has 24 heavy (non-hydrogen) atoms. The Hall–Kier alpha value is -1.73. The fourth-order valence-corrected chi connectivity index (χ4v) is 2.46. The molecule has 0 saturated heterocycles. The summed E-state index contributed by atoms with van der Waals surface area (Å²) in [5.74, 6) is 0. The van der Waals surface area contributed by atoms with E-state index in [9.17, 15) is 18.0 Å². The number of hydrogen-bond acceptors (Lipinski definition) is 1. The van der Waals surface area contributed by atoms with Crippen molar-refractivity contribution < 1.29 is 18.0 Å². The van der Waals surface area contributed by atoms with Gasteiger partial charge in [0.15, 0.2) is 0 Å². The quantitative estimate of drug-likeness (QED) is 0.674. The minimum Gasteiger partial charge on any atom is -0.338 e. The van der Waals surface area contributed by atoms with E-state index in [1.54, 1.807) is 0 Å². The van der Waals surface area contributed by atoms with E-state index in [1.807, 2.05) is 24.3 Å². The molecule has 0 aliphatic carbocycles. The molecule has 0 saturated carbocycles. The van der Waals surface area contributed by atoms with Crippen LogP contribution in [0, 0.1) is 0 Å². The highest BCUT2D eigenvalue weighted by atomic mass is 79.9. The summed E-state index contributed by atoms with van der Waals surface area (Å²) < 4.78 is 39.3. The van der Waals surface area contributed by atoms with Crippen molar-refractivity contribution in [3.8, 4) is 0 Å². The molecule has 8 heteroatoms. The maximum absolute atomic E-state index is 12.8. The number of anilines is 1. The molecule has 0 bridgehead atoms. The first-order valence-electron chi connectivity index (χ1n) is 6.92. The van der Waals surface area contributed by atoms with Gasteiger partial charge in [0.1, 0.15) is 0 Å². The molecule has 0 aromatic heterocycles. The number of benzene rings is 2. The van der Waals surface area contributed by atoms with Crippen LogP contribution in [0.3, 0.4) is 0 Å². The lowest BCUT2D eigenvalue weighted by Crippen LogP contribution is -2.30. The second-order valence-electron chi connectivity index (χ2n) is 4.95. The van der Waals surface area contributed by atoms with Crippen molar-refractivity contribution in [3.05, 3.63) is 63.1 Å². The van der Waals surface area contributed by atoms with Gasteiger partial charge in [-0.2, -0.15) is 13.2 Å². The second kappa shape index (κ2) is 7.90. The predicted molar refractivity (Wildman–Crippen MR) is 91.3 cm³/mol. The van der Waals surface area contributed by atoms with E-state index < -0.39 is 22.8 Å². The van der Waals surface area contributed by atoms with E-state index in [1.165, 1.54) is 6.07 Å². The molecule has 0 spiro atoms. The molecule has 3 nitrogen and oxygen atoms in total. The highest BCUT2D eigenvalue weighted by Gasteiger charge is 2.33. The Morgan fingerprint density at radius 3 is 2.42 bits per heavy atom. The number of urea groups is 1. The van der Waals surface area contributed by atoms with Crippen LogP contribution in [0.25, 0.3) is 0 Å². The third-order valence-corrected chi connectivity index (χ3v) is 4.00. The summed E-state index contributed by atoms with van der Waals surface area (Å²) in [6.07, 6.45) is -3.97. The molecule has 0 atom stereocenters. The number of rotatable bonds is 4. The molecule has 2 N–H and O–H groups in total. The van der Waals surface area contributed by atoms with E-state index in [2.05, 4.69) is 26.6 Å². The first-order valence-corrected chi connectivity index (χ1v) is 8.09. The van der Waals surface area contributed by atoms with E-state index in [0.717, 1.165) is 22.2 Å². The number of halogens is 5. The number of alkyl halides is 3. The van der Waals surface area contributed by atoms with Gasteiger partial charge < -0.3 is 10.6 Å². The van der Waals surface area contributed by atoms with Crippen molar-refractivity contribution in [1.82, 2.24) is 5.32 Å². The minimum absolute atomic E-state index is 0.0212. The molecule has 128 valence electrons. The van der Waals surface area contributed by atoms with Crippen LogP contribution in [0.4, 0.5) is 23.7 Å². The van der Waals surface area contributed by atoms with Crippen molar-refractivity contribution in [1.29, 1.82) is 0 Å². The predicted octanol–water partition coefficient (Wildman–Crippen LogP) is 5.49. The Kier molecular flexibility index (Phi) is 6.12. The van der Waals surface area contributed by atoms with Gasteiger partial charge in [0, 0.05) is 16.7 Å². The van der Waals surface area contributed by atoms with Gasteiger partial charge in [-0.25, -0.2) is 4.79 Å². The Morgan fingerprint density at radius 2 is 1.79 bits per heavy atom. The molecular weight excluding hydrogens is 409 g/mol. The van der Waals surface area contributed by atoms with Gasteiger partial charge in [-0.05, 0) is 42.3 Å². The van der Waals surface area contributed by atoms with Crippen molar-refractivity contribution in [2.75, 3.05) is 11.9 Å². The standard InChI is InChI=1S/C16H13BrClF3N2O/c17-11-3-1-10(2-4-11)7-8-22-15(24)23-12-5-6-14(18)13(9-12)16(19,20)21/h1-6,9H,7-8H2,(H2,22,23,24). The summed E-state index contributed by atoms with van der Waals surface area (Å²) in [6, 6.07) is 10.2. The van der Waals surface area contributed by atoms with Crippen molar-refractivity contribution in [2.24, 2.45) is 0 Å². The van der Waals surface area contributed by atoms with Gasteiger partial charge in [-0.1, -0.05) is 39.7 Å². The molecule has 0 radical (unpaired) electrons. The van der Waals surface area contributed by atoms with Crippen molar-refractivity contribution >= 4 is 39.2 Å². The Balaban J connectivity index is 1.89. The average Bonchev–Trinajstić information content (AvgIpc) is 2.50. The molecule has 2 aromatic rings. The number of carbonyl (C=O) groups is 1. The summed E-state index contributed by atoms with van der Waals surface area (Å²) in [5.41, 5.74) is 0.0639. The van der Waals surface area contributed by atoms with Crippen molar-refractivity contribution in [2.45, 2.75) is 12.6 Å². The van der Waals surface area contributed by atoms with E-state index in [4.69, 9.17) is 11.6 Å². The first kappa shape index (κ1) is 18.6. The van der Waals surface area contributed by atoms with Crippen LogP contribution in [-0.2, 0) is 12.6 Å². The van der Waals surface area contributed by atoms with Crippen LogP contribution in [0.15, 0.2) is 46.9 Å². The molecule has 0 heterocycles. The fraction of sp³-hybridized carbons (Fsp3) is 0.188. The molecule has 2 aromatic carbocycles. The molecule has 2 rings (SSSR count). The molecule has 2 amide bonds. The van der Waals surface area contributed by atoms with Crippen LogP contribution in [0.1, 0.15) is 11.1 Å². The summed E-state index contributed by atoms with van der Waals surface area (Å²) in [4.78, 5) is 11.8. The number of hydrogen-bond donors (Lipinski definition) is 2. The lowest BCUT2D eigenvalue weighted by atomic mass is 10.1. The first-order chi connectivity index (χ1) is 11.3. The third kappa shape index (κ3) is 5.42. The lowest BCUT2D eigenvalue weighted by Gasteiger charge is -2.12. The van der Waals surface area contributed by atoms with Crippen LogP contribution in [-0.4, -0.2) is 12.6 Å². The third-order valence-electron chi connectivity index (χ3n) is 3.14. The summed E-state index contributed by atoms with van der Waals surface area (Å²) in [6.45, 7) is 0.354. The lowest BCUT2D eigenvalue weighted by molar-refractivity contribution is -0.137. The van der Waals surface area contributed by atoms with Crippen LogP contribution >= 0.6 is 27.5 Å². The van der Waals surface area contributed by atoms with Crippen LogP contribution in [0.5, 0.6) is 0 Å².